The zero-order valence-corrected chi connectivity index (χ0v) is 12.8. The Morgan fingerprint density at radius 3 is 2.70 bits per heavy atom. The fraction of sp³-hybridized carbons (Fsp3) is 0.562. The van der Waals surface area contributed by atoms with Gasteiger partial charge in [-0.15, -0.1) is 0 Å². The smallest absolute Gasteiger partial charge is 0.270 e. The number of anilines is 1. The van der Waals surface area contributed by atoms with Crippen LogP contribution < -0.4 is 15.4 Å². The van der Waals surface area contributed by atoms with Crippen LogP contribution in [-0.2, 0) is 4.79 Å². The fourth-order valence-electron chi connectivity index (χ4n) is 2.41. The van der Waals surface area contributed by atoms with Crippen LogP contribution in [-0.4, -0.2) is 18.1 Å². The van der Waals surface area contributed by atoms with Crippen molar-refractivity contribution in [3.8, 4) is 5.75 Å². The van der Waals surface area contributed by atoms with Gasteiger partial charge in [-0.3, -0.25) is 4.79 Å². The van der Waals surface area contributed by atoms with Crippen LogP contribution in [0.1, 0.15) is 52.1 Å². The molecule has 1 heterocycles. The summed E-state index contributed by atoms with van der Waals surface area (Å²) in [5.74, 6) is 0.773. The highest BCUT2D eigenvalue weighted by Gasteiger charge is 2.40. The molecule has 0 spiro atoms. The highest BCUT2D eigenvalue weighted by molar-refractivity contribution is 6.02. The lowest BCUT2D eigenvalue weighted by molar-refractivity contribution is -0.132. The molecule has 1 amide bonds. The first-order valence-electron chi connectivity index (χ1n) is 7.27. The third-order valence-electron chi connectivity index (χ3n) is 3.66. The van der Waals surface area contributed by atoms with Gasteiger partial charge in [-0.05, 0) is 44.9 Å². The predicted octanol–water partition coefficient (Wildman–Crippen LogP) is 3.01. The van der Waals surface area contributed by atoms with Crippen molar-refractivity contribution < 1.29 is 9.53 Å². The van der Waals surface area contributed by atoms with Crippen LogP contribution in [0, 0.1) is 0 Å². The van der Waals surface area contributed by atoms with Gasteiger partial charge in [-0.2, -0.15) is 0 Å². The molecule has 1 unspecified atom stereocenters. The van der Waals surface area contributed by atoms with Gasteiger partial charge in [0.25, 0.3) is 5.91 Å². The van der Waals surface area contributed by atoms with Crippen molar-refractivity contribution in [1.82, 2.24) is 0 Å². The molecule has 2 rings (SSSR count). The number of nitrogens with zero attached hydrogens (tertiary/aromatic N) is 1. The number of amides is 1. The lowest BCUT2D eigenvalue weighted by atomic mass is 10.0. The third kappa shape index (κ3) is 2.66. The largest absolute Gasteiger partial charge is 0.476 e. The number of fused-ring (bicyclic) bond motifs is 1. The minimum atomic E-state index is -0.809. The topological polar surface area (TPSA) is 55.6 Å². The SMILES string of the molecule is CCCCN1C(=O)C(C)(C)Oc2ccc(C(C)N)cc21. The zero-order valence-electron chi connectivity index (χ0n) is 12.8. The van der Waals surface area contributed by atoms with E-state index in [0.717, 1.165) is 36.4 Å². The van der Waals surface area contributed by atoms with E-state index in [-0.39, 0.29) is 11.9 Å². The summed E-state index contributed by atoms with van der Waals surface area (Å²) >= 11 is 0. The van der Waals surface area contributed by atoms with Crippen molar-refractivity contribution in [2.75, 3.05) is 11.4 Å². The minimum Gasteiger partial charge on any atom is -0.476 e. The predicted molar refractivity (Wildman–Crippen MR) is 81.0 cm³/mol. The number of carbonyl (C=O) groups is 1. The van der Waals surface area contributed by atoms with Crippen LogP contribution in [0.2, 0.25) is 0 Å². The Morgan fingerprint density at radius 2 is 2.10 bits per heavy atom. The molecule has 4 nitrogen and oxygen atoms in total. The number of carbonyl (C=O) groups excluding carboxylic acids is 1. The molecule has 0 aliphatic carbocycles. The standard InChI is InChI=1S/C16H24N2O2/c1-5-6-9-18-13-10-12(11(2)17)7-8-14(13)20-16(3,4)15(18)19/h7-8,10-11H,5-6,9,17H2,1-4H3. The minimum absolute atomic E-state index is 0.0141. The molecule has 20 heavy (non-hydrogen) atoms. The van der Waals surface area contributed by atoms with Gasteiger partial charge < -0.3 is 15.4 Å². The Balaban J connectivity index is 2.45. The summed E-state index contributed by atoms with van der Waals surface area (Å²) < 4.78 is 5.84. The fourth-order valence-corrected chi connectivity index (χ4v) is 2.41. The molecule has 0 fully saturated rings. The van der Waals surface area contributed by atoms with Crippen LogP contribution in [0.3, 0.4) is 0 Å². The van der Waals surface area contributed by atoms with E-state index in [2.05, 4.69) is 6.92 Å². The molecular weight excluding hydrogens is 252 g/mol. The van der Waals surface area contributed by atoms with E-state index < -0.39 is 5.60 Å². The molecule has 0 radical (unpaired) electrons. The van der Waals surface area contributed by atoms with Crippen LogP contribution >= 0.6 is 0 Å². The molecule has 1 aromatic carbocycles. The zero-order chi connectivity index (χ0) is 14.9. The summed E-state index contributed by atoms with van der Waals surface area (Å²) in [7, 11) is 0. The highest BCUT2D eigenvalue weighted by Crippen LogP contribution is 2.39. The summed E-state index contributed by atoms with van der Waals surface area (Å²) in [6.07, 6.45) is 2.02. The number of benzene rings is 1. The van der Waals surface area contributed by atoms with Gasteiger partial charge >= 0.3 is 0 Å². The second-order valence-electron chi connectivity index (χ2n) is 5.94. The van der Waals surface area contributed by atoms with Gasteiger partial charge in [-0.1, -0.05) is 19.4 Å². The molecule has 1 atom stereocenters. The average molecular weight is 276 g/mol. The Bertz CT molecular complexity index is 509. The molecule has 0 saturated heterocycles. The van der Waals surface area contributed by atoms with E-state index in [4.69, 9.17) is 10.5 Å². The molecular formula is C16H24N2O2. The van der Waals surface area contributed by atoms with Crippen molar-refractivity contribution in [1.29, 1.82) is 0 Å². The molecule has 1 aliphatic rings. The average Bonchev–Trinajstić information content (AvgIpc) is 2.38. The van der Waals surface area contributed by atoms with E-state index in [1.54, 1.807) is 0 Å². The first-order chi connectivity index (χ1) is 9.36. The van der Waals surface area contributed by atoms with E-state index in [9.17, 15) is 4.79 Å². The number of ether oxygens (including phenoxy) is 1. The molecule has 0 saturated carbocycles. The molecule has 0 bridgehead atoms. The maximum absolute atomic E-state index is 12.6. The third-order valence-corrected chi connectivity index (χ3v) is 3.66. The normalized spacial score (nSPS) is 18.4. The summed E-state index contributed by atoms with van der Waals surface area (Å²) in [5.41, 5.74) is 6.99. The van der Waals surface area contributed by atoms with Crippen molar-refractivity contribution in [2.45, 2.75) is 52.2 Å². The Kier molecular flexibility index (Phi) is 4.04. The van der Waals surface area contributed by atoms with E-state index >= 15 is 0 Å². The lowest BCUT2D eigenvalue weighted by Gasteiger charge is -2.39. The van der Waals surface area contributed by atoms with Crippen molar-refractivity contribution in [3.05, 3.63) is 23.8 Å². The van der Waals surface area contributed by atoms with Crippen LogP contribution in [0.25, 0.3) is 0 Å². The van der Waals surface area contributed by atoms with Gasteiger partial charge in [-0.25, -0.2) is 0 Å². The van der Waals surface area contributed by atoms with Crippen LogP contribution in [0.15, 0.2) is 18.2 Å². The van der Waals surface area contributed by atoms with E-state index in [0.29, 0.717) is 0 Å². The summed E-state index contributed by atoms with van der Waals surface area (Å²) in [6.45, 7) is 8.41. The Labute approximate surface area is 120 Å². The van der Waals surface area contributed by atoms with Crippen LogP contribution in [0.4, 0.5) is 5.69 Å². The molecule has 110 valence electrons. The quantitative estimate of drug-likeness (QED) is 0.919. The first-order valence-corrected chi connectivity index (χ1v) is 7.27. The Morgan fingerprint density at radius 1 is 1.40 bits per heavy atom. The van der Waals surface area contributed by atoms with Crippen molar-refractivity contribution in [3.63, 3.8) is 0 Å². The first kappa shape index (κ1) is 14.9. The monoisotopic (exact) mass is 276 g/mol. The van der Waals surface area contributed by atoms with Gasteiger partial charge in [0.1, 0.15) is 5.75 Å². The molecule has 0 aromatic heterocycles. The number of nitrogens with two attached hydrogens (primary N) is 1. The number of hydrogen-bond donors (Lipinski definition) is 1. The van der Waals surface area contributed by atoms with Gasteiger partial charge in [0.15, 0.2) is 5.60 Å². The summed E-state index contributed by atoms with van der Waals surface area (Å²) in [6, 6.07) is 5.80. The van der Waals surface area contributed by atoms with E-state index in [1.165, 1.54) is 0 Å². The molecule has 1 aromatic rings. The summed E-state index contributed by atoms with van der Waals surface area (Å²) in [5, 5.41) is 0. The highest BCUT2D eigenvalue weighted by atomic mass is 16.5. The van der Waals surface area contributed by atoms with Gasteiger partial charge in [0.2, 0.25) is 0 Å². The second-order valence-corrected chi connectivity index (χ2v) is 5.94. The lowest BCUT2D eigenvalue weighted by Crippen LogP contribution is -2.52. The second kappa shape index (κ2) is 5.44. The summed E-state index contributed by atoms with van der Waals surface area (Å²) in [4.78, 5) is 14.4. The van der Waals surface area contributed by atoms with E-state index in [1.807, 2.05) is 43.9 Å². The number of rotatable bonds is 4. The maximum atomic E-state index is 12.6. The molecule has 2 N–H and O–H groups in total. The van der Waals surface area contributed by atoms with Gasteiger partial charge in [0.05, 0.1) is 5.69 Å². The van der Waals surface area contributed by atoms with Gasteiger partial charge in [0, 0.05) is 12.6 Å². The Hall–Kier alpha value is -1.55. The molecule has 1 aliphatic heterocycles. The van der Waals surface area contributed by atoms with Crippen molar-refractivity contribution >= 4 is 11.6 Å². The molecule has 4 heteroatoms. The van der Waals surface area contributed by atoms with Crippen LogP contribution in [0.5, 0.6) is 5.75 Å². The number of unbranched alkanes of at least 4 members (excludes halogenated alkanes) is 1. The number of hydrogen-bond acceptors (Lipinski definition) is 3. The van der Waals surface area contributed by atoms with Crippen molar-refractivity contribution in [2.24, 2.45) is 5.73 Å². The maximum Gasteiger partial charge on any atom is 0.270 e.